The van der Waals surface area contributed by atoms with Crippen molar-refractivity contribution in [2.75, 3.05) is 19.7 Å². The predicted octanol–water partition coefficient (Wildman–Crippen LogP) is 2.72. The quantitative estimate of drug-likeness (QED) is 0.616. The van der Waals surface area contributed by atoms with Gasteiger partial charge in [-0.25, -0.2) is 8.42 Å². The molecule has 1 aliphatic rings. The van der Waals surface area contributed by atoms with Crippen LogP contribution in [0.2, 0.25) is 0 Å². The summed E-state index contributed by atoms with van der Waals surface area (Å²) in [6.07, 6.45) is 2.67. The first-order chi connectivity index (χ1) is 14.0. The van der Waals surface area contributed by atoms with Crippen molar-refractivity contribution in [1.82, 2.24) is 10.0 Å². The summed E-state index contributed by atoms with van der Waals surface area (Å²) in [5, 5.41) is 2.84. The molecule has 0 radical (unpaired) electrons. The van der Waals surface area contributed by atoms with Crippen LogP contribution in [0, 0.1) is 0 Å². The molecule has 2 aromatic carbocycles. The van der Waals surface area contributed by atoms with Gasteiger partial charge < -0.3 is 10.1 Å². The summed E-state index contributed by atoms with van der Waals surface area (Å²) in [6, 6.07) is 13.8. The Balaban J connectivity index is 1.45. The van der Waals surface area contributed by atoms with Crippen molar-refractivity contribution in [1.29, 1.82) is 0 Å². The van der Waals surface area contributed by atoms with Crippen LogP contribution in [0.4, 0.5) is 0 Å². The molecule has 0 bridgehead atoms. The third kappa shape index (κ3) is 5.35. The van der Waals surface area contributed by atoms with Gasteiger partial charge in [-0.05, 0) is 49.2 Å². The number of nitrogens with zero attached hydrogens (tertiary/aromatic N) is 1. The zero-order valence-electron chi connectivity index (χ0n) is 16.3. The minimum absolute atomic E-state index is 0.162. The van der Waals surface area contributed by atoms with Gasteiger partial charge >= 0.3 is 0 Å². The van der Waals surface area contributed by atoms with Crippen molar-refractivity contribution in [3.8, 4) is 5.75 Å². The number of amides is 1. The second kappa shape index (κ2) is 9.56. The van der Waals surface area contributed by atoms with Gasteiger partial charge in [0, 0.05) is 24.2 Å². The number of sulfonamides is 1. The molecule has 7 nitrogen and oxygen atoms in total. The molecule has 2 N–H and O–H groups in total. The Hall–Kier alpha value is -2.87. The molecule has 1 heterocycles. The number of unbranched alkanes of at least 4 members (excludes halogenated alkanes) is 1. The van der Waals surface area contributed by atoms with E-state index < -0.39 is 10.0 Å². The molecule has 1 amide bonds. The number of rotatable bonds is 9. The molecule has 8 heteroatoms. The van der Waals surface area contributed by atoms with E-state index in [9.17, 15) is 13.2 Å². The maximum atomic E-state index is 12.2. The summed E-state index contributed by atoms with van der Waals surface area (Å²) < 4.78 is 32.1. The van der Waals surface area contributed by atoms with Crippen molar-refractivity contribution in [3.63, 3.8) is 0 Å². The highest BCUT2D eigenvalue weighted by Gasteiger charge is 2.29. The van der Waals surface area contributed by atoms with E-state index in [2.05, 4.69) is 22.0 Å². The Morgan fingerprint density at radius 1 is 1.10 bits per heavy atom. The van der Waals surface area contributed by atoms with E-state index in [-0.39, 0.29) is 10.8 Å². The molecule has 154 valence electrons. The smallest absolute Gasteiger partial charge is 0.263 e. The molecule has 0 saturated heterocycles. The first kappa shape index (κ1) is 20.9. The zero-order valence-corrected chi connectivity index (χ0v) is 17.2. The Kier molecular flexibility index (Phi) is 6.87. The molecule has 0 fully saturated rings. The summed E-state index contributed by atoms with van der Waals surface area (Å²) in [5.41, 5.74) is 1.15. The molecule has 0 saturated carbocycles. The summed E-state index contributed by atoms with van der Waals surface area (Å²) in [7, 11) is -3.52. The summed E-state index contributed by atoms with van der Waals surface area (Å²) in [5.74, 6) is 0.945. The lowest BCUT2D eigenvalue weighted by Crippen LogP contribution is -2.25. The van der Waals surface area contributed by atoms with E-state index in [1.807, 2.05) is 0 Å². The number of carbonyl (C=O) groups excluding carboxylic acids is 1. The first-order valence-corrected chi connectivity index (χ1v) is 11.2. The standard InChI is InChI=1S/C21H25N3O4S/c1-2-3-15-28-17-11-9-16(10-12-17)21(25)23-14-6-13-22-20-18-7-4-5-8-19(18)29(26,27)24-20/h4-5,7-12H,2-3,6,13-15H2,1H3,(H,22,24)(H,23,25). The predicted molar refractivity (Wildman–Crippen MR) is 112 cm³/mol. The van der Waals surface area contributed by atoms with Crippen molar-refractivity contribution in [2.45, 2.75) is 31.1 Å². The second-order valence-electron chi connectivity index (χ2n) is 6.67. The van der Waals surface area contributed by atoms with Crippen LogP contribution < -0.4 is 14.8 Å². The number of benzene rings is 2. The van der Waals surface area contributed by atoms with Gasteiger partial charge in [-0.1, -0.05) is 25.5 Å². The van der Waals surface area contributed by atoms with E-state index in [0.717, 1.165) is 18.6 Å². The Morgan fingerprint density at radius 2 is 1.86 bits per heavy atom. The molecule has 0 atom stereocenters. The van der Waals surface area contributed by atoms with E-state index in [0.29, 0.717) is 43.1 Å². The third-order valence-electron chi connectivity index (χ3n) is 4.44. The largest absolute Gasteiger partial charge is 0.494 e. The number of aliphatic imine (C=N–C) groups is 1. The highest BCUT2D eigenvalue weighted by molar-refractivity contribution is 7.90. The van der Waals surface area contributed by atoms with Gasteiger partial charge in [-0.2, -0.15) is 0 Å². The van der Waals surface area contributed by atoms with Crippen LogP contribution in [0.5, 0.6) is 5.75 Å². The molecule has 0 aliphatic carbocycles. The molecule has 29 heavy (non-hydrogen) atoms. The zero-order chi connectivity index (χ0) is 20.7. The number of carbonyl (C=O) groups is 1. The minimum Gasteiger partial charge on any atom is -0.494 e. The average molecular weight is 416 g/mol. The van der Waals surface area contributed by atoms with Crippen LogP contribution >= 0.6 is 0 Å². The van der Waals surface area contributed by atoms with Crippen molar-refractivity contribution < 1.29 is 17.9 Å². The lowest BCUT2D eigenvalue weighted by atomic mass is 10.2. The Bertz CT molecular complexity index is 985. The molecule has 0 unspecified atom stereocenters. The van der Waals surface area contributed by atoms with Gasteiger partial charge in [0.25, 0.3) is 15.9 Å². The normalized spacial score (nSPS) is 15.6. The lowest BCUT2D eigenvalue weighted by Gasteiger charge is -2.07. The Morgan fingerprint density at radius 3 is 2.62 bits per heavy atom. The van der Waals surface area contributed by atoms with Crippen molar-refractivity contribution in [3.05, 3.63) is 59.7 Å². The number of hydrogen-bond acceptors (Lipinski definition) is 5. The van der Waals surface area contributed by atoms with E-state index in [1.165, 1.54) is 0 Å². The fraction of sp³-hybridized carbons (Fsp3) is 0.333. The summed E-state index contributed by atoms with van der Waals surface area (Å²) >= 11 is 0. The molecule has 2 aromatic rings. The molecular formula is C21H25N3O4S. The monoisotopic (exact) mass is 415 g/mol. The van der Waals surface area contributed by atoms with Crippen LogP contribution in [0.25, 0.3) is 0 Å². The van der Waals surface area contributed by atoms with E-state index in [4.69, 9.17) is 4.74 Å². The third-order valence-corrected chi connectivity index (χ3v) is 5.83. The topological polar surface area (TPSA) is 96.9 Å². The number of ether oxygens (including phenoxy) is 1. The highest BCUT2D eigenvalue weighted by atomic mass is 32.2. The second-order valence-corrected chi connectivity index (χ2v) is 8.32. The minimum atomic E-state index is -3.52. The maximum absolute atomic E-state index is 12.2. The molecule has 0 spiro atoms. The first-order valence-electron chi connectivity index (χ1n) is 9.69. The highest BCUT2D eigenvalue weighted by Crippen LogP contribution is 2.22. The summed E-state index contributed by atoms with van der Waals surface area (Å²) in [4.78, 5) is 16.8. The van der Waals surface area contributed by atoms with E-state index in [1.54, 1.807) is 48.5 Å². The van der Waals surface area contributed by atoms with Gasteiger partial charge in [-0.3, -0.25) is 14.5 Å². The van der Waals surface area contributed by atoms with E-state index >= 15 is 0 Å². The van der Waals surface area contributed by atoms with Crippen LogP contribution in [0.15, 0.2) is 58.4 Å². The van der Waals surface area contributed by atoms with Crippen LogP contribution in [0.1, 0.15) is 42.1 Å². The molecule has 3 rings (SSSR count). The number of amidine groups is 1. The van der Waals surface area contributed by atoms with Crippen LogP contribution in [-0.2, 0) is 10.0 Å². The van der Waals surface area contributed by atoms with Crippen molar-refractivity contribution in [2.24, 2.45) is 4.99 Å². The molecule has 1 aliphatic heterocycles. The lowest BCUT2D eigenvalue weighted by molar-refractivity contribution is 0.0953. The van der Waals surface area contributed by atoms with Crippen molar-refractivity contribution >= 4 is 21.8 Å². The SMILES string of the molecule is CCCCOc1ccc(C(=O)NCCCN=C2NS(=O)(=O)c3ccccc32)cc1. The fourth-order valence-corrected chi connectivity index (χ4v) is 4.11. The molecule has 0 aromatic heterocycles. The average Bonchev–Trinajstić information content (AvgIpc) is 2.99. The maximum Gasteiger partial charge on any atom is 0.263 e. The van der Waals surface area contributed by atoms with Gasteiger partial charge in [0.05, 0.1) is 11.5 Å². The summed E-state index contributed by atoms with van der Waals surface area (Å²) in [6.45, 7) is 3.62. The number of fused-ring (bicyclic) bond motifs is 1. The Labute approximate surface area is 171 Å². The van der Waals surface area contributed by atoms with Gasteiger partial charge in [0.2, 0.25) is 0 Å². The number of hydrogen-bond donors (Lipinski definition) is 2. The van der Waals surface area contributed by atoms with Crippen LogP contribution in [0.3, 0.4) is 0 Å². The van der Waals surface area contributed by atoms with Gasteiger partial charge in [0.15, 0.2) is 0 Å². The fourth-order valence-electron chi connectivity index (χ4n) is 2.86. The van der Waals surface area contributed by atoms with Gasteiger partial charge in [0.1, 0.15) is 11.6 Å². The van der Waals surface area contributed by atoms with Gasteiger partial charge in [-0.15, -0.1) is 0 Å². The van der Waals surface area contributed by atoms with Crippen LogP contribution in [-0.4, -0.2) is 39.9 Å². The number of nitrogens with one attached hydrogen (secondary N) is 2. The molecular weight excluding hydrogens is 390 g/mol.